The molecule has 3 aromatic rings. The molecule has 0 fully saturated rings. The molecule has 0 atom stereocenters. The van der Waals surface area contributed by atoms with Gasteiger partial charge in [-0.3, -0.25) is 0 Å². The fraction of sp³-hybridized carbons (Fsp3) is 0.0556. The summed E-state index contributed by atoms with van der Waals surface area (Å²) in [6, 6.07) is 13.5. The van der Waals surface area contributed by atoms with Crippen LogP contribution in [-0.2, 0) is 5.21 Å². The van der Waals surface area contributed by atoms with Gasteiger partial charge in [0.05, 0.1) is 0 Å². The summed E-state index contributed by atoms with van der Waals surface area (Å²) in [5, 5.41) is 3.44. The van der Waals surface area contributed by atoms with Crippen molar-refractivity contribution in [3.63, 3.8) is 0 Å². The minimum absolute atomic E-state index is 0.253. The molecule has 0 spiro atoms. The van der Waals surface area contributed by atoms with E-state index in [1.165, 1.54) is 42.7 Å². The molecule has 0 aliphatic rings. The first kappa shape index (κ1) is 17.2. The predicted octanol–water partition coefficient (Wildman–Crippen LogP) is 2.54. The van der Waals surface area contributed by atoms with Gasteiger partial charge in [-0.05, 0) is 0 Å². The van der Waals surface area contributed by atoms with Crippen LogP contribution in [0, 0.1) is 11.6 Å². The average Bonchev–Trinajstić information content (AvgIpc) is 2.63. The number of carbonyl (C=O) groups excluding carboxylic acids is 1. The first-order chi connectivity index (χ1) is 12.1. The third-order valence-corrected chi connectivity index (χ3v) is 5.61. The van der Waals surface area contributed by atoms with E-state index >= 15 is 0 Å². The summed E-state index contributed by atoms with van der Waals surface area (Å²) in [5.74, 6) is -1.01. The SMILES string of the molecule is O=C(Nc1ccc(F)cc1)c1cc([As]Cc2ccc(F)cc2)ncn1. The van der Waals surface area contributed by atoms with Crippen molar-refractivity contribution >= 4 is 31.8 Å². The molecule has 4 nitrogen and oxygen atoms in total. The van der Waals surface area contributed by atoms with E-state index < -0.39 is 0 Å². The average molecular weight is 400 g/mol. The van der Waals surface area contributed by atoms with E-state index in [2.05, 4.69) is 15.3 Å². The van der Waals surface area contributed by atoms with Gasteiger partial charge in [-0.2, -0.15) is 0 Å². The van der Waals surface area contributed by atoms with E-state index in [9.17, 15) is 13.6 Å². The van der Waals surface area contributed by atoms with Gasteiger partial charge in [-0.25, -0.2) is 0 Å². The summed E-state index contributed by atoms with van der Waals surface area (Å²) in [5.41, 5.74) is 1.77. The Morgan fingerprint density at radius 3 is 2.28 bits per heavy atom. The Balaban J connectivity index is 1.64. The van der Waals surface area contributed by atoms with Gasteiger partial charge < -0.3 is 0 Å². The van der Waals surface area contributed by atoms with Gasteiger partial charge in [0.15, 0.2) is 0 Å². The van der Waals surface area contributed by atoms with Crippen LogP contribution in [0.3, 0.4) is 0 Å². The van der Waals surface area contributed by atoms with Crippen molar-refractivity contribution in [3.8, 4) is 0 Å². The van der Waals surface area contributed by atoms with Crippen LogP contribution < -0.4 is 9.80 Å². The van der Waals surface area contributed by atoms with Crippen LogP contribution in [0.4, 0.5) is 14.5 Å². The zero-order valence-electron chi connectivity index (χ0n) is 13.0. The van der Waals surface area contributed by atoms with Crippen molar-refractivity contribution in [2.24, 2.45) is 0 Å². The molecule has 0 aliphatic heterocycles. The summed E-state index contributed by atoms with van der Waals surface area (Å²) in [6.07, 6.45) is 1.36. The van der Waals surface area contributed by atoms with Gasteiger partial charge in [0, 0.05) is 0 Å². The first-order valence-electron chi connectivity index (χ1n) is 7.41. The van der Waals surface area contributed by atoms with Crippen LogP contribution >= 0.6 is 0 Å². The second-order valence-electron chi connectivity index (χ2n) is 5.17. The van der Waals surface area contributed by atoms with Gasteiger partial charge >= 0.3 is 150 Å². The molecule has 125 valence electrons. The zero-order chi connectivity index (χ0) is 17.6. The molecule has 1 heterocycles. The summed E-state index contributed by atoms with van der Waals surface area (Å²) in [7, 11) is 0. The monoisotopic (exact) mass is 400 g/mol. The predicted molar refractivity (Wildman–Crippen MR) is 91.9 cm³/mol. The number of carbonyl (C=O) groups is 1. The number of hydrogen-bond acceptors (Lipinski definition) is 3. The quantitative estimate of drug-likeness (QED) is 0.670. The molecule has 1 N–H and O–H groups in total. The summed E-state index contributed by atoms with van der Waals surface area (Å²) in [4.78, 5) is 20.4. The molecule has 25 heavy (non-hydrogen) atoms. The Morgan fingerprint density at radius 1 is 0.960 bits per heavy atom. The maximum absolute atomic E-state index is 12.9. The van der Waals surface area contributed by atoms with Crippen molar-refractivity contribution in [2.45, 2.75) is 5.21 Å². The molecule has 1 aromatic heterocycles. The first-order valence-corrected chi connectivity index (χ1v) is 9.67. The number of rotatable bonds is 5. The van der Waals surface area contributed by atoms with Crippen LogP contribution in [0.25, 0.3) is 0 Å². The van der Waals surface area contributed by atoms with E-state index in [1.54, 1.807) is 18.2 Å². The number of anilines is 1. The molecule has 0 bridgehead atoms. The number of aromatic nitrogens is 2. The van der Waals surface area contributed by atoms with E-state index in [1.807, 2.05) is 0 Å². The number of nitrogens with one attached hydrogen (secondary N) is 1. The molecule has 0 aliphatic carbocycles. The van der Waals surface area contributed by atoms with Crippen LogP contribution in [0.15, 0.2) is 60.9 Å². The van der Waals surface area contributed by atoms with Crippen LogP contribution in [0.2, 0.25) is 0 Å². The van der Waals surface area contributed by atoms with Gasteiger partial charge in [-0.15, -0.1) is 0 Å². The van der Waals surface area contributed by atoms with E-state index in [0.29, 0.717) is 5.69 Å². The second-order valence-corrected chi connectivity index (χ2v) is 7.45. The Kier molecular flexibility index (Phi) is 5.51. The van der Waals surface area contributed by atoms with Crippen LogP contribution in [0.1, 0.15) is 16.1 Å². The molecule has 3 rings (SSSR count). The fourth-order valence-electron chi connectivity index (χ4n) is 2.05. The molecular formula is C18H13AsF2N3O. The maximum atomic E-state index is 12.9. The van der Waals surface area contributed by atoms with Crippen molar-refractivity contribution in [1.82, 2.24) is 9.97 Å². The van der Waals surface area contributed by atoms with Crippen LogP contribution in [-0.4, -0.2) is 31.6 Å². The summed E-state index contributed by atoms with van der Waals surface area (Å²) in [6.45, 7) is 0. The standard InChI is InChI=1S/C18H13AsF2N3O/c20-13-3-1-12(2-4-13)10-19-17-9-16(22-11-23-17)18(25)24-15-7-5-14(21)6-8-15/h1-9,11H,10H2,(H,24,25). The molecule has 1 amide bonds. The molecule has 7 heteroatoms. The number of benzene rings is 2. The molecule has 0 unspecified atom stereocenters. The summed E-state index contributed by atoms with van der Waals surface area (Å²) >= 11 is -0.313. The Labute approximate surface area is 150 Å². The van der Waals surface area contributed by atoms with Crippen LogP contribution in [0.5, 0.6) is 0 Å². The van der Waals surface area contributed by atoms with Gasteiger partial charge in [0.25, 0.3) is 0 Å². The van der Waals surface area contributed by atoms with E-state index in [4.69, 9.17) is 0 Å². The van der Waals surface area contributed by atoms with Crippen molar-refractivity contribution in [1.29, 1.82) is 0 Å². The molecule has 0 saturated heterocycles. The number of hydrogen-bond donors (Lipinski definition) is 1. The number of amides is 1. The van der Waals surface area contributed by atoms with Crippen molar-refractivity contribution in [3.05, 3.63) is 83.8 Å². The van der Waals surface area contributed by atoms with Gasteiger partial charge in [0.1, 0.15) is 0 Å². The molecule has 1 radical (unpaired) electrons. The fourth-order valence-corrected chi connectivity index (χ4v) is 3.94. The Bertz CT molecular complexity index is 870. The molecular weight excluding hydrogens is 387 g/mol. The molecule has 0 saturated carbocycles. The minimum atomic E-state index is -0.377. The third-order valence-electron chi connectivity index (χ3n) is 3.32. The number of halogens is 2. The van der Waals surface area contributed by atoms with Gasteiger partial charge in [-0.1, -0.05) is 0 Å². The second kappa shape index (κ2) is 7.99. The number of nitrogens with zero attached hydrogens (tertiary/aromatic N) is 2. The van der Waals surface area contributed by atoms with E-state index in [0.717, 1.165) is 15.3 Å². The van der Waals surface area contributed by atoms with Crippen molar-refractivity contribution in [2.75, 3.05) is 5.32 Å². The molecule has 2 aromatic carbocycles. The Hall–Kier alpha value is -2.59. The van der Waals surface area contributed by atoms with E-state index in [-0.39, 0.29) is 39.0 Å². The summed E-state index contributed by atoms with van der Waals surface area (Å²) < 4.78 is 26.6. The topological polar surface area (TPSA) is 54.9 Å². The normalized spacial score (nSPS) is 11.0. The van der Waals surface area contributed by atoms with Gasteiger partial charge in [0.2, 0.25) is 0 Å². The zero-order valence-corrected chi connectivity index (χ0v) is 14.9. The third kappa shape index (κ3) is 4.94. The Morgan fingerprint density at radius 2 is 1.60 bits per heavy atom. The van der Waals surface area contributed by atoms with Crippen molar-refractivity contribution < 1.29 is 13.6 Å².